The molecule has 4 nitrogen and oxygen atoms in total. The second-order valence-electron chi connectivity index (χ2n) is 4.11. The summed E-state index contributed by atoms with van der Waals surface area (Å²) in [6.07, 6.45) is 1.75. The fourth-order valence-electron chi connectivity index (χ4n) is 1.95. The smallest absolute Gasteiger partial charge is 0.497 e. The molecular formula is C15H12NO3+. The molecule has 94 valence electrons. The molecule has 0 amide bonds. The first-order valence-corrected chi connectivity index (χ1v) is 5.87. The van der Waals surface area contributed by atoms with Crippen LogP contribution in [0.2, 0.25) is 0 Å². The average molecular weight is 254 g/mol. The van der Waals surface area contributed by atoms with Gasteiger partial charge in [0.15, 0.2) is 11.8 Å². The molecule has 0 unspecified atom stereocenters. The summed E-state index contributed by atoms with van der Waals surface area (Å²) in [4.78, 5) is 12.0. The highest BCUT2D eigenvalue weighted by Gasteiger charge is 2.15. The normalized spacial score (nSPS) is 10.6. The molecule has 3 rings (SSSR count). The van der Waals surface area contributed by atoms with Gasteiger partial charge in [-0.15, -0.1) is 0 Å². The Labute approximate surface area is 109 Å². The molecule has 19 heavy (non-hydrogen) atoms. The van der Waals surface area contributed by atoms with Gasteiger partial charge in [0.05, 0.1) is 12.5 Å². The summed E-state index contributed by atoms with van der Waals surface area (Å²) in [5.41, 5.74) is 1.30. The minimum absolute atomic E-state index is 0.413. The maximum Gasteiger partial charge on any atom is 0.608 e. The Morgan fingerprint density at radius 1 is 1.11 bits per heavy atom. The lowest BCUT2D eigenvalue weighted by atomic mass is 10.2. The molecule has 0 aliphatic heterocycles. The zero-order valence-corrected chi connectivity index (χ0v) is 10.4. The summed E-state index contributed by atoms with van der Waals surface area (Å²) in [5, 5.41) is 0.808. The van der Waals surface area contributed by atoms with Crippen molar-refractivity contribution in [3.63, 3.8) is 0 Å². The number of ether oxygens (including phenoxy) is 1. The zero-order valence-electron chi connectivity index (χ0n) is 10.4. The van der Waals surface area contributed by atoms with Crippen LogP contribution in [0, 0.1) is 0 Å². The average Bonchev–Trinajstić information content (AvgIpc) is 2.47. The van der Waals surface area contributed by atoms with Crippen molar-refractivity contribution in [1.82, 2.24) is 0 Å². The van der Waals surface area contributed by atoms with Gasteiger partial charge in [0.1, 0.15) is 5.75 Å². The summed E-state index contributed by atoms with van der Waals surface area (Å²) in [7, 11) is 1.60. The van der Waals surface area contributed by atoms with Crippen LogP contribution in [0.3, 0.4) is 0 Å². The molecule has 1 aromatic heterocycles. The molecule has 0 radical (unpaired) electrons. The van der Waals surface area contributed by atoms with Gasteiger partial charge in [-0.2, -0.15) is 4.79 Å². The molecule has 0 fully saturated rings. The van der Waals surface area contributed by atoms with Crippen LogP contribution in [-0.2, 0) is 0 Å². The Morgan fingerprint density at radius 3 is 2.63 bits per heavy atom. The number of para-hydroxylation sites is 1. The van der Waals surface area contributed by atoms with E-state index in [0.717, 1.165) is 16.8 Å². The largest absolute Gasteiger partial charge is 0.608 e. The number of hydrogen-bond acceptors (Lipinski definition) is 3. The summed E-state index contributed by atoms with van der Waals surface area (Å²) >= 11 is 0. The Hall–Kier alpha value is -2.62. The number of nitrogens with zero attached hydrogens (tertiary/aromatic N) is 1. The van der Waals surface area contributed by atoms with Gasteiger partial charge in [0.25, 0.3) is 0 Å². The number of benzene rings is 2. The molecular weight excluding hydrogens is 242 g/mol. The van der Waals surface area contributed by atoms with Gasteiger partial charge in [-0.05, 0) is 18.2 Å². The van der Waals surface area contributed by atoms with E-state index in [2.05, 4.69) is 0 Å². The van der Waals surface area contributed by atoms with E-state index in [-0.39, 0.29) is 0 Å². The predicted molar refractivity (Wildman–Crippen MR) is 70.6 cm³/mol. The van der Waals surface area contributed by atoms with E-state index in [1.807, 2.05) is 36.4 Å². The lowest BCUT2D eigenvalue weighted by Gasteiger charge is -2.00. The second-order valence-corrected chi connectivity index (χ2v) is 4.11. The monoisotopic (exact) mass is 254 g/mol. The van der Waals surface area contributed by atoms with E-state index in [1.54, 1.807) is 25.4 Å². The minimum atomic E-state index is -0.413. The molecule has 0 aliphatic carbocycles. The first-order chi connectivity index (χ1) is 9.28. The molecule has 0 aliphatic rings. The number of aromatic nitrogens is 1. The van der Waals surface area contributed by atoms with Gasteiger partial charge < -0.3 is 9.15 Å². The zero-order chi connectivity index (χ0) is 13.2. The van der Waals surface area contributed by atoms with Crippen LogP contribution in [0.5, 0.6) is 5.75 Å². The number of hydrogen-bond donors (Lipinski definition) is 0. The topological polar surface area (TPSA) is 43.3 Å². The van der Waals surface area contributed by atoms with Crippen molar-refractivity contribution in [3.8, 4) is 11.4 Å². The Balaban J connectivity index is 2.26. The molecule has 1 heterocycles. The predicted octanol–water partition coefficient (Wildman–Crippen LogP) is 2.08. The Morgan fingerprint density at radius 2 is 1.89 bits per heavy atom. The molecule has 0 spiro atoms. The molecule has 0 saturated heterocycles. The third kappa shape index (κ3) is 2.08. The van der Waals surface area contributed by atoms with Crippen LogP contribution >= 0.6 is 0 Å². The summed E-state index contributed by atoms with van der Waals surface area (Å²) in [5.74, 6) is 0.310. The summed E-state index contributed by atoms with van der Waals surface area (Å²) in [6, 6.07) is 14.7. The van der Waals surface area contributed by atoms with Crippen LogP contribution in [0.25, 0.3) is 16.7 Å². The SMILES string of the molecule is COc1ccc2oc(=O)[n+](-c3ccccc3)cc2c1. The van der Waals surface area contributed by atoms with Gasteiger partial charge in [-0.3, -0.25) is 0 Å². The molecule has 0 atom stereocenters. The van der Waals surface area contributed by atoms with Crippen molar-refractivity contribution in [2.45, 2.75) is 0 Å². The molecule has 2 aromatic carbocycles. The van der Waals surface area contributed by atoms with Gasteiger partial charge in [-0.1, -0.05) is 22.8 Å². The molecule has 4 heteroatoms. The number of methoxy groups -OCH3 is 1. The third-order valence-electron chi connectivity index (χ3n) is 2.91. The van der Waals surface area contributed by atoms with Crippen LogP contribution < -0.4 is 15.1 Å². The molecule has 0 bridgehead atoms. The van der Waals surface area contributed by atoms with Gasteiger partial charge >= 0.3 is 5.76 Å². The Kier molecular flexibility index (Phi) is 2.76. The van der Waals surface area contributed by atoms with Crippen LogP contribution in [0.1, 0.15) is 0 Å². The van der Waals surface area contributed by atoms with Crippen molar-refractivity contribution in [1.29, 1.82) is 0 Å². The van der Waals surface area contributed by atoms with Crippen molar-refractivity contribution in [2.24, 2.45) is 0 Å². The number of rotatable bonds is 2. The summed E-state index contributed by atoms with van der Waals surface area (Å²) in [6.45, 7) is 0. The molecule has 0 N–H and O–H groups in total. The van der Waals surface area contributed by atoms with Crippen molar-refractivity contribution >= 4 is 11.0 Å². The van der Waals surface area contributed by atoms with E-state index in [9.17, 15) is 4.79 Å². The highest BCUT2D eigenvalue weighted by atomic mass is 16.5. The van der Waals surface area contributed by atoms with E-state index in [1.165, 1.54) is 4.57 Å². The van der Waals surface area contributed by atoms with Crippen LogP contribution in [0.4, 0.5) is 0 Å². The lowest BCUT2D eigenvalue weighted by molar-refractivity contribution is -0.623. The van der Waals surface area contributed by atoms with Crippen LogP contribution in [-0.4, -0.2) is 7.11 Å². The second kappa shape index (κ2) is 4.57. The number of fused-ring (bicyclic) bond motifs is 1. The lowest BCUT2D eigenvalue weighted by Crippen LogP contribution is -2.46. The highest BCUT2D eigenvalue weighted by Crippen LogP contribution is 2.18. The molecule has 0 saturated carbocycles. The maximum absolute atomic E-state index is 12.0. The Bertz CT molecular complexity index is 778. The van der Waals surface area contributed by atoms with Crippen LogP contribution in [0.15, 0.2) is 63.9 Å². The van der Waals surface area contributed by atoms with Gasteiger partial charge in [0.2, 0.25) is 5.69 Å². The van der Waals surface area contributed by atoms with Crippen molar-refractivity contribution in [2.75, 3.05) is 7.11 Å². The van der Waals surface area contributed by atoms with E-state index in [0.29, 0.717) is 5.58 Å². The van der Waals surface area contributed by atoms with Gasteiger partial charge in [0, 0.05) is 12.1 Å². The first-order valence-electron chi connectivity index (χ1n) is 5.87. The third-order valence-corrected chi connectivity index (χ3v) is 2.91. The summed E-state index contributed by atoms with van der Waals surface area (Å²) < 4.78 is 11.9. The van der Waals surface area contributed by atoms with E-state index >= 15 is 0 Å². The fourth-order valence-corrected chi connectivity index (χ4v) is 1.95. The van der Waals surface area contributed by atoms with Crippen molar-refractivity contribution in [3.05, 3.63) is 65.3 Å². The fraction of sp³-hybridized carbons (Fsp3) is 0.0667. The quantitative estimate of drug-likeness (QED) is 0.658. The maximum atomic E-state index is 12.0. The van der Waals surface area contributed by atoms with Crippen molar-refractivity contribution < 1.29 is 13.7 Å². The first kappa shape index (κ1) is 11.5. The minimum Gasteiger partial charge on any atom is -0.497 e. The van der Waals surface area contributed by atoms with E-state index < -0.39 is 5.76 Å². The van der Waals surface area contributed by atoms with E-state index in [4.69, 9.17) is 9.15 Å². The van der Waals surface area contributed by atoms with Gasteiger partial charge in [-0.25, -0.2) is 0 Å². The molecule has 3 aromatic rings. The standard InChI is InChI=1S/C15H12NO3/c1-18-13-7-8-14-11(9-13)10-16(15(17)19-14)12-5-3-2-4-6-12/h2-10H,1H3/q+1. The highest BCUT2D eigenvalue weighted by molar-refractivity contribution is 5.76.